The van der Waals surface area contributed by atoms with Gasteiger partial charge in [0, 0.05) is 30.4 Å². The number of nitrogens with one attached hydrogen (secondary N) is 2. The molecular formula is C20H25N3O3S. The number of hydrogen-bond donors (Lipinski definition) is 2. The average molecular weight is 388 g/mol. The lowest BCUT2D eigenvalue weighted by atomic mass is 10.1. The quantitative estimate of drug-likeness (QED) is 0.714. The van der Waals surface area contributed by atoms with E-state index >= 15 is 0 Å². The summed E-state index contributed by atoms with van der Waals surface area (Å²) in [4.78, 5) is 14.8. The van der Waals surface area contributed by atoms with E-state index in [1.165, 1.54) is 30.4 Å². The fourth-order valence-corrected chi connectivity index (χ4v) is 4.22. The zero-order valence-electron chi connectivity index (χ0n) is 15.6. The maximum atomic E-state index is 12.3. The molecule has 1 aliphatic heterocycles. The molecule has 1 heterocycles. The van der Waals surface area contributed by atoms with E-state index < -0.39 is 10.0 Å². The van der Waals surface area contributed by atoms with Crippen molar-refractivity contribution in [3.63, 3.8) is 0 Å². The van der Waals surface area contributed by atoms with Crippen molar-refractivity contribution in [1.82, 2.24) is 10.0 Å². The first-order valence-corrected chi connectivity index (χ1v) is 10.6. The first-order valence-electron chi connectivity index (χ1n) is 9.09. The van der Waals surface area contributed by atoms with Crippen molar-refractivity contribution in [2.75, 3.05) is 25.0 Å². The van der Waals surface area contributed by atoms with Gasteiger partial charge in [0.25, 0.3) is 5.91 Å². The molecule has 1 aliphatic rings. The third kappa shape index (κ3) is 4.31. The van der Waals surface area contributed by atoms with Gasteiger partial charge in [-0.25, -0.2) is 13.1 Å². The number of anilines is 1. The number of rotatable bonds is 7. The first-order chi connectivity index (χ1) is 12.9. The van der Waals surface area contributed by atoms with Crippen molar-refractivity contribution in [3.05, 3.63) is 59.7 Å². The zero-order chi connectivity index (χ0) is 19.4. The van der Waals surface area contributed by atoms with Crippen LogP contribution in [0.15, 0.2) is 53.4 Å². The van der Waals surface area contributed by atoms with Crippen molar-refractivity contribution >= 4 is 21.6 Å². The van der Waals surface area contributed by atoms with Gasteiger partial charge in [0.05, 0.1) is 4.90 Å². The summed E-state index contributed by atoms with van der Waals surface area (Å²) in [6.45, 7) is 3.62. The predicted octanol–water partition coefficient (Wildman–Crippen LogP) is 2.17. The molecule has 2 aromatic rings. The third-order valence-electron chi connectivity index (χ3n) is 4.89. The van der Waals surface area contributed by atoms with Crippen LogP contribution in [0.5, 0.6) is 0 Å². The summed E-state index contributed by atoms with van der Waals surface area (Å²) in [5, 5.41) is 2.88. The minimum Gasteiger partial charge on any atom is -0.368 e. The minimum absolute atomic E-state index is 0.0835. The van der Waals surface area contributed by atoms with Gasteiger partial charge in [0.2, 0.25) is 10.0 Å². The normalized spacial score (nSPS) is 16.2. The highest BCUT2D eigenvalue weighted by Crippen LogP contribution is 2.31. The molecule has 144 valence electrons. The van der Waals surface area contributed by atoms with Crippen molar-refractivity contribution in [1.29, 1.82) is 0 Å². The molecule has 0 radical (unpaired) electrons. The molecule has 0 saturated carbocycles. The van der Waals surface area contributed by atoms with Gasteiger partial charge >= 0.3 is 0 Å². The molecule has 1 atom stereocenters. The number of carbonyl (C=O) groups is 1. The van der Waals surface area contributed by atoms with Crippen LogP contribution in [0, 0.1) is 0 Å². The highest BCUT2D eigenvalue weighted by atomic mass is 32.2. The molecule has 1 amide bonds. The number of hydrogen-bond acceptors (Lipinski definition) is 4. The molecule has 0 saturated heterocycles. The lowest BCUT2D eigenvalue weighted by Crippen LogP contribution is -2.33. The van der Waals surface area contributed by atoms with Gasteiger partial charge in [0.1, 0.15) is 0 Å². The number of nitrogens with zero attached hydrogens (tertiary/aromatic N) is 1. The molecule has 6 nitrogen and oxygen atoms in total. The van der Waals surface area contributed by atoms with Crippen LogP contribution in [-0.2, 0) is 16.4 Å². The number of fused-ring (bicyclic) bond motifs is 1. The second-order valence-corrected chi connectivity index (χ2v) is 8.61. The molecule has 0 aliphatic carbocycles. The van der Waals surface area contributed by atoms with Gasteiger partial charge in [-0.2, -0.15) is 0 Å². The smallest absolute Gasteiger partial charge is 0.251 e. The lowest BCUT2D eigenvalue weighted by Gasteiger charge is -2.24. The molecule has 2 N–H and O–H groups in total. The fraction of sp³-hybridized carbons (Fsp3) is 0.350. The van der Waals surface area contributed by atoms with Crippen molar-refractivity contribution in [2.45, 2.75) is 30.7 Å². The second-order valence-electron chi connectivity index (χ2n) is 6.72. The van der Waals surface area contributed by atoms with Gasteiger partial charge in [-0.05, 0) is 56.6 Å². The van der Waals surface area contributed by atoms with E-state index in [1.54, 1.807) is 12.1 Å². The molecule has 2 aromatic carbocycles. The Kier molecular flexibility index (Phi) is 5.82. The Bertz CT molecular complexity index is 928. The van der Waals surface area contributed by atoms with E-state index in [0.29, 0.717) is 18.2 Å². The number of benzene rings is 2. The topological polar surface area (TPSA) is 78.5 Å². The summed E-state index contributed by atoms with van der Waals surface area (Å²) in [6.07, 6.45) is 1.87. The monoisotopic (exact) mass is 387 g/mol. The van der Waals surface area contributed by atoms with Gasteiger partial charge in [-0.3, -0.25) is 4.79 Å². The molecular weight excluding hydrogens is 362 g/mol. The Labute approximate surface area is 160 Å². The summed E-state index contributed by atoms with van der Waals surface area (Å²) < 4.78 is 26.0. The van der Waals surface area contributed by atoms with Crippen LogP contribution in [-0.4, -0.2) is 40.5 Å². The first kappa shape index (κ1) is 19.4. The van der Waals surface area contributed by atoms with E-state index in [-0.39, 0.29) is 10.8 Å². The largest absolute Gasteiger partial charge is 0.368 e. The molecule has 0 fully saturated rings. The van der Waals surface area contributed by atoms with Gasteiger partial charge < -0.3 is 10.2 Å². The summed E-state index contributed by atoms with van der Waals surface area (Å²) >= 11 is 0. The minimum atomic E-state index is -3.56. The van der Waals surface area contributed by atoms with Crippen molar-refractivity contribution < 1.29 is 13.2 Å². The molecule has 27 heavy (non-hydrogen) atoms. The van der Waals surface area contributed by atoms with Crippen LogP contribution in [0.2, 0.25) is 0 Å². The number of para-hydroxylation sites is 1. The van der Waals surface area contributed by atoms with Crippen molar-refractivity contribution in [2.24, 2.45) is 0 Å². The maximum absolute atomic E-state index is 12.3. The SMILES string of the molecule is CNS(=O)(=O)c1cccc(C(=O)NCCCN2c3ccccc3C[C@H]2C)c1. The number of amides is 1. The van der Waals surface area contributed by atoms with E-state index in [9.17, 15) is 13.2 Å². The molecule has 0 spiro atoms. The summed E-state index contributed by atoms with van der Waals surface area (Å²) in [6, 6.07) is 14.9. The fourth-order valence-electron chi connectivity index (χ4n) is 3.45. The standard InChI is InChI=1S/C20H25N3O3S/c1-15-13-16-7-3-4-10-19(16)23(15)12-6-11-22-20(24)17-8-5-9-18(14-17)27(25,26)21-2/h3-5,7-10,14-15,21H,6,11-13H2,1-2H3,(H,22,24)/t15-/m1/s1. The molecule has 3 rings (SSSR count). The van der Waals surface area contributed by atoms with E-state index in [1.807, 2.05) is 0 Å². The summed E-state index contributed by atoms with van der Waals surface area (Å²) in [7, 11) is -2.21. The Hall–Kier alpha value is -2.38. The Morgan fingerprint density at radius 3 is 2.74 bits per heavy atom. The van der Waals surface area contributed by atoms with Crippen LogP contribution >= 0.6 is 0 Å². The Morgan fingerprint density at radius 1 is 1.19 bits per heavy atom. The van der Waals surface area contributed by atoms with Crippen LogP contribution in [0.25, 0.3) is 0 Å². The van der Waals surface area contributed by atoms with Crippen LogP contribution in [0.4, 0.5) is 5.69 Å². The van der Waals surface area contributed by atoms with E-state index in [0.717, 1.165) is 19.4 Å². The molecule has 7 heteroatoms. The Morgan fingerprint density at radius 2 is 1.96 bits per heavy atom. The van der Waals surface area contributed by atoms with E-state index in [2.05, 4.69) is 46.1 Å². The second kappa shape index (κ2) is 8.10. The van der Waals surface area contributed by atoms with Crippen molar-refractivity contribution in [3.8, 4) is 0 Å². The van der Waals surface area contributed by atoms with Gasteiger partial charge in [0.15, 0.2) is 0 Å². The average Bonchev–Trinajstić information content (AvgIpc) is 3.00. The van der Waals surface area contributed by atoms with E-state index in [4.69, 9.17) is 0 Å². The highest BCUT2D eigenvalue weighted by molar-refractivity contribution is 7.89. The summed E-state index contributed by atoms with van der Waals surface area (Å²) in [5.74, 6) is -0.266. The highest BCUT2D eigenvalue weighted by Gasteiger charge is 2.24. The Balaban J connectivity index is 1.54. The molecule has 0 bridgehead atoms. The summed E-state index contributed by atoms with van der Waals surface area (Å²) in [5.41, 5.74) is 2.99. The third-order valence-corrected chi connectivity index (χ3v) is 6.30. The van der Waals surface area contributed by atoms with Gasteiger partial charge in [-0.15, -0.1) is 0 Å². The lowest BCUT2D eigenvalue weighted by molar-refractivity contribution is 0.0953. The number of carbonyl (C=O) groups excluding carboxylic acids is 1. The molecule has 0 aromatic heterocycles. The molecule has 0 unspecified atom stereocenters. The zero-order valence-corrected chi connectivity index (χ0v) is 16.4. The van der Waals surface area contributed by atoms with Crippen LogP contribution in [0.3, 0.4) is 0 Å². The van der Waals surface area contributed by atoms with Gasteiger partial charge in [-0.1, -0.05) is 24.3 Å². The van der Waals surface area contributed by atoms with Crippen LogP contribution < -0.4 is 14.9 Å². The number of sulfonamides is 1. The predicted molar refractivity (Wildman–Crippen MR) is 107 cm³/mol. The van der Waals surface area contributed by atoms with Crippen LogP contribution in [0.1, 0.15) is 29.3 Å². The maximum Gasteiger partial charge on any atom is 0.251 e.